The summed E-state index contributed by atoms with van der Waals surface area (Å²) >= 11 is 0. The molecule has 1 aliphatic carbocycles. The van der Waals surface area contributed by atoms with E-state index in [1.807, 2.05) is 19.1 Å². The summed E-state index contributed by atoms with van der Waals surface area (Å²) in [7, 11) is -9.31. The second kappa shape index (κ2) is 16.3. The molecule has 14 heteroatoms. The van der Waals surface area contributed by atoms with Crippen molar-refractivity contribution < 1.29 is 69.8 Å². The summed E-state index contributed by atoms with van der Waals surface area (Å²) in [5, 5.41) is 10.4. The van der Waals surface area contributed by atoms with Crippen LogP contribution in [0, 0.1) is 0 Å². The monoisotopic (exact) mass is 736 g/mol. The standard InChI is InChI=1S/C36H46N2O9S2.Na/c1-7-37(8-2)25-15-17-28-29(35(3,4)5)23-26(47-32(28)22-25)12-9-13-33-36(6,19-10-14-34(39)40)30-24-27(49(44,45)46)16-18-31(30)38(33)20-11-21-48(41,42)43;/h9,12-13,15-18,22-24H,7-8,10-11,14,19-21H2,1-6H3,(H2-,39,40,41,42,43,44,45,46);/q;+1/p-1. The van der Waals surface area contributed by atoms with Crippen LogP contribution in [-0.4, -0.2) is 62.4 Å². The Hall–Kier alpha value is -2.78. The molecule has 0 saturated heterocycles. The van der Waals surface area contributed by atoms with Crippen LogP contribution in [0.25, 0.3) is 17.4 Å². The molecule has 1 aromatic rings. The van der Waals surface area contributed by atoms with Crippen LogP contribution in [0.3, 0.4) is 0 Å². The third-order valence-electron chi connectivity index (χ3n) is 9.06. The number of aliphatic carboxylic acids is 1. The van der Waals surface area contributed by atoms with E-state index in [0.717, 1.165) is 35.3 Å². The summed E-state index contributed by atoms with van der Waals surface area (Å²) < 4.78 is 79.1. The third-order valence-corrected chi connectivity index (χ3v) is 10.7. The van der Waals surface area contributed by atoms with Gasteiger partial charge in [-0.05, 0) is 99.1 Å². The number of anilines is 1. The van der Waals surface area contributed by atoms with E-state index in [0.29, 0.717) is 22.7 Å². The number of fused-ring (bicyclic) bond motifs is 2. The van der Waals surface area contributed by atoms with E-state index < -0.39 is 42.3 Å². The Kier molecular flexibility index (Phi) is 13.5. The SMILES string of the molecule is CC[N+](CC)=c1ccc2c(C(C)(C)C)cc(/C=C/C=C3\N(CCCS(=O)(=O)[O-])c4ccc(S(=O)(=O)[O-])cc4C3(C)CCCC(=O)O)oc-2c1.[Na+]. The first kappa shape index (κ1) is 41.6. The number of allylic oxidation sites excluding steroid dienone is 3. The van der Waals surface area contributed by atoms with Crippen LogP contribution in [-0.2, 0) is 35.9 Å². The summed E-state index contributed by atoms with van der Waals surface area (Å²) in [4.78, 5) is 12.8. The molecule has 4 rings (SSSR count). The Morgan fingerprint density at radius 2 is 1.70 bits per heavy atom. The molecule has 2 aliphatic heterocycles. The molecule has 0 saturated carbocycles. The quantitative estimate of drug-likeness (QED) is 0.156. The van der Waals surface area contributed by atoms with Gasteiger partial charge in [-0.3, -0.25) is 4.79 Å². The maximum atomic E-state index is 12.0. The zero-order chi connectivity index (χ0) is 36.4. The number of carboxylic acids is 1. The second-order valence-electron chi connectivity index (χ2n) is 13.6. The zero-order valence-electron chi connectivity index (χ0n) is 29.9. The fourth-order valence-corrected chi connectivity index (χ4v) is 7.58. The van der Waals surface area contributed by atoms with Crippen LogP contribution in [0.5, 0.6) is 0 Å². The fourth-order valence-electron chi connectivity index (χ4n) is 6.60. The molecule has 0 aromatic heterocycles. The van der Waals surface area contributed by atoms with Gasteiger partial charge in [0.1, 0.15) is 34.7 Å². The van der Waals surface area contributed by atoms with Gasteiger partial charge in [0.25, 0.3) is 0 Å². The molecule has 0 amide bonds. The Morgan fingerprint density at radius 1 is 1.02 bits per heavy atom. The van der Waals surface area contributed by atoms with Crippen molar-refractivity contribution in [3.05, 3.63) is 82.6 Å². The molecule has 11 nitrogen and oxygen atoms in total. The van der Waals surface area contributed by atoms with Gasteiger partial charge < -0.3 is 23.5 Å². The first-order valence-electron chi connectivity index (χ1n) is 16.4. The van der Waals surface area contributed by atoms with E-state index in [2.05, 4.69) is 51.3 Å². The Morgan fingerprint density at radius 3 is 2.28 bits per heavy atom. The number of nitrogens with zero attached hydrogens (tertiary/aromatic N) is 2. The van der Waals surface area contributed by atoms with Crippen molar-refractivity contribution in [3.8, 4) is 11.3 Å². The van der Waals surface area contributed by atoms with Crippen molar-refractivity contribution in [2.45, 2.75) is 83.0 Å². The second-order valence-corrected chi connectivity index (χ2v) is 16.5. The van der Waals surface area contributed by atoms with Gasteiger partial charge in [0, 0.05) is 47.1 Å². The molecule has 266 valence electrons. The van der Waals surface area contributed by atoms with Crippen LogP contribution in [0.2, 0.25) is 0 Å². The van der Waals surface area contributed by atoms with Crippen LogP contribution >= 0.6 is 0 Å². The number of hydrogen-bond acceptors (Lipinski definition) is 9. The number of rotatable bonds is 13. The summed E-state index contributed by atoms with van der Waals surface area (Å²) in [5.41, 5.74) is 2.60. The van der Waals surface area contributed by atoms with Crippen LogP contribution in [0.15, 0.2) is 69.6 Å². The van der Waals surface area contributed by atoms with Gasteiger partial charge in [-0.2, -0.15) is 0 Å². The van der Waals surface area contributed by atoms with Gasteiger partial charge >= 0.3 is 35.5 Å². The van der Waals surface area contributed by atoms with Crippen molar-refractivity contribution in [1.29, 1.82) is 0 Å². The molecule has 1 atom stereocenters. The molecular weight excluding hydrogens is 692 g/mol. The molecule has 1 aromatic carbocycles. The molecule has 1 N–H and O–H groups in total. The van der Waals surface area contributed by atoms with Crippen molar-refractivity contribution in [2.75, 3.05) is 30.3 Å². The Bertz CT molecular complexity index is 2040. The number of benzene rings is 2. The predicted octanol–water partition coefficient (Wildman–Crippen LogP) is 2.27. The largest absolute Gasteiger partial charge is 1.00 e. The normalized spacial score (nSPS) is 17.4. The molecule has 50 heavy (non-hydrogen) atoms. The van der Waals surface area contributed by atoms with Crippen molar-refractivity contribution in [2.24, 2.45) is 0 Å². The maximum absolute atomic E-state index is 12.0. The summed E-state index contributed by atoms with van der Waals surface area (Å²) in [6.07, 6.45) is 5.78. The van der Waals surface area contributed by atoms with E-state index >= 15 is 0 Å². The zero-order valence-corrected chi connectivity index (χ0v) is 33.5. The molecule has 1 unspecified atom stereocenters. The van der Waals surface area contributed by atoms with Gasteiger partial charge in [0.15, 0.2) is 0 Å². The van der Waals surface area contributed by atoms with E-state index in [4.69, 9.17) is 4.42 Å². The molecule has 0 fully saturated rings. The van der Waals surface area contributed by atoms with Gasteiger partial charge in [0.2, 0.25) is 5.36 Å². The van der Waals surface area contributed by atoms with Crippen molar-refractivity contribution >= 4 is 38.0 Å². The summed E-state index contributed by atoms with van der Waals surface area (Å²) in [6, 6.07) is 12.2. The van der Waals surface area contributed by atoms with E-state index in [1.165, 1.54) is 18.2 Å². The van der Waals surface area contributed by atoms with Crippen LogP contribution in [0.1, 0.15) is 84.1 Å². The first-order chi connectivity index (χ1) is 22.8. The molecule has 0 radical (unpaired) electrons. The van der Waals surface area contributed by atoms with E-state index in [9.17, 15) is 35.8 Å². The van der Waals surface area contributed by atoms with E-state index in [1.54, 1.807) is 23.1 Å². The average molecular weight is 737 g/mol. The first-order valence-corrected chi connectivity index (χ1v) is 19.4. The maximum Gasteiger partial charge on any atom is 1.00 e. The minimum atomic E-state index is -4.81. The third kappa shape index (κ3) is 9.75. The minimum Gasteiger partial charge on any atom is -0.748 e. The summed E-state index contributed by atoms with van der Waals surface area (Å²) in [6.45, 7) is 14.2. The molecular formula is C36H45N2NaO9S2. The topological polar surface area (TPSA) is 171 Å². The van der Waals surface area contributed by atoms with Crippen LogP contribution < -0.4 is 44.4 Å². The predicted molar refractivity (Wildman–Crippen MR) is 187 cm³/mol. The molecule has 0 bridgehead atoms. The molecule has 3 aliphatic rings. The number of hydrogen-bond donors (Lipinski definition) is 1. The fraction of sp³-hybridized carbons (Fsp3) is 0.444. The van der Waals surface area contributed by atoms with Gasteiger partial charge in [0.05, 0.1) is 21.1 Å². The minimum absolute atomic E-state index is 0. The van der Waals surface area contributed by atoms with Gasteiger partial charge in [-0.15, -0.1) is 0 Å². The molecule has 2 heterocycles. The van der Waals surface area contributed by atoms with Crippen LogP contribution in [0.4, 0.5) is 5.69 Å². The smallest absolute Gasteiger partial charge is 0.748 e. The van der Waals surface area contributed by atoms with Crippen molar-refractivity contribution in [3.63, 3.8) is 0 Å². The van der Waals surface area contributed by atoms with E-state index in [-0.39, 0.29) is 67.2 Å². The van der Waals surface area contributed by atoms with Crippen molar-refractivity contribution in [1.82, 2.24) is 4.58 Å². The average Bonchev–Trinajstić information content (AvgIpc) is 3.22. The number of carbonyl (C=O) groups is 1. The number of carboxylic acid groups (broad SMARTS) is 1. The summed E-state index contributed by atoms with van der Waals surface area (Å²) in [5.74, 6) is -0.288. The Balaban J connectivity index is 0.00000676. The Labute approximate surface area is 317 Å². The van der Waals surface area contributed by atoms with Gasteiger partial charge in [-0.1, -0.05) is 26.8 Å². The van der Waals surface area contributed by atoms with Gasteiger partial charge in [-0.25, -0.2) is 21.4 Å². The molecule has 0 spiro atoms.